The molecule has 42 heavy (non-hydrogen) atoms. The fourth-order valence-electron chi connectivity index (χ4n) is 4.88. The molecule has 218 valence electrons. The first kappa shape index (κ1) is 27.9. The van der Waals surface area contributed by atoms with Gasteiger partial charge in [0.1, 0.15) is 5.82 Å². The summed E-state index contributed by atoms with van der Waals surface area (Å²) in [5.41, 5.74) is 2.39. The number of amides is 1. The lowest BCUT2D eigenvalue weighted by Gasteiger charge is -2.35. The van der Waals surface area contributed by atoms with Gasteiger partial charge in [-0.1, -0.05) is 6.07 Å². The normalized spacial score (nSPS) is 22.1. The topological polar surface area (TPSA) is 136 Å². The number of H-pyrrole nitrogens is 1. The molecule has 2 fully saturated rings. The van der Waals surface area contributed by atoms with Crippen LogP contribution in [0.25, 0.3) is 22.6 Å². The van der Waals surface area contributed by atoms with Crippen molar-refractivity contribution in [1.82, 2.24) is 30.2 Å². The van der Waals surface area contributed by atoms with E-state index in [0.29, 0.717) is 47.5 Å². The molecular weight excluding hydrogens is 541 g/mol. The van der Waals surface area contributed by atoms with Gasteiger partial charge in [-0.2, -0.15) is 0 Å². The van der Waals surface area contributed by atoms with Gasteiger partial charge in [0.25, 0.3) is 0 Å². The molecule has 0 saturated carbocycles. The van der Waals surface area contributed by atoms with Crippen molar-refractivity contribution in [2.75, 3.05) is 31.7 Å². The van der Waals surface area contributed by atoms with Crippen LogP contribution in [0, 0.1) is 11.2 Å². The predicted octanol–water partition coefficient (Wildman–Crippen LogP) is 4.03. The molecule has 4 aromatic rings. The summed E-state index contributed by atoms with van der Waals surface area (Å²) in [5.74, 6) is 0.326. The van der Waals surface area contributed by atoms with Crippen molar-refractivity contribution < 1.29 is 23.4 Å². The Morgan fingerprint density at radius 3 is 2.62 bits per heavy atom. The highest BCUT2D eigenvalue weighted by molar-refractivity contribution is 5.82. The molecule has 1 aromatic carbocycles. The molecule has 5 heterocycles. The molecule has 1 atom stereocenters. The van der Waals surface area contributed by atoms with Gasteiger partial charge in [0.2, 0.25) is 18.1 Å². The molecule has 0 spiro atoms. The van der Waals surface area contributed by atoms with Gasteiger partial charge in [-0.25, -0.2) is 19.3 Å². The van der Waals surface area contributed by atoms with E-state index in [2.05, 4.69) is 30.6 Å². The van der Waals surface area contributed by atoms with E-state index in [4.69, 9.17) is 19.2 Å². The monoisotopic (exact) mass is 573 g/mol. The molecule has 3 N–H and O–H groups in total. The van der Waals surface area contributed by atoms with Crippen molar-refractivity contribution in [3.8, 4) is 22.6 Å². The van der Waals surface area contributed by atoms with E-state index in [9.17, 15) is 9.18 Å². The number of rotatable bonds is 9. The van der Waals surface area contributed by atoms with Crippen LogP contribution in [0.3, 0.4) is 0 Å². The standard InChI is InChI=1S/C30H32FN7O4/c1-30(28(39)34-16-22-6-4-14-40-22)17-41-27(42-18-30)26-37-24(19-7-9-20(31)10-8-19)25(38-26)23-11-13-33-29(36-23)35-15-21-5-2-3-12-32-21/h2-3,5,7-13,22,27H,4,6,14-18H2,1H3,(H,34,39)(H,37,38)(H,33,35,36). The number of nitrogens with zero attached hydrogens (tertiary/aromatic N) is 4. The number of imidazole rings is 1. The van der Waals surface area contributed by atoms with E-state index in [1.165, 1.54) is 12.1 Å². The lowest BCUT2D eigenvalue weighted by Crippen LogP contribution is -2.49. The zero-order valence-electron chi connectivity index (χ0n) is 23.2. The highest BCUT2D eigenvalue weighted by Gasteiger charge is 2.41. The number of pyridine rings is 1. The largest absolute Gasteiger partial charge is 0.376 e. The quantitative estimate of drug-likeness (QED) is 0.271. The van der Waals surface area contributed by atoms with Crippen LogP contribution in [0.5, 0.6) is 0 Å². The first-order valence-corrected chi connectivity index (χ1v) is 13.9. The van der Waals surface area contributed by atoms with Crippen molar-refractivity contribution in [1.29, 1.82) is 0 Å². The van der Waals surface area contributed by atoms with Crippen LogP contribution in [0.2, 0.25) is 0 Å². The molecule has 2 saturated heterocycles. The first-order chi connectivity index (χ1) is 20.5. The molecule has 2 aliphatic rings. The number of nitrogens with one attached hydrogen (secondary N) is 3. The fraction of sp³-hybridized carbons (Fsp3) is 0.367. The van der Waals surface area contributed by atoms with Gasteiger partial charge in [-0.15, -0.1) is 0 Å². The average Bonchev–Trinajstić information content (AvgIpc) is 3.71. The summed E-state index contributed by atoms with van der Waals surface area (Å²) in [4.78, 5) is 34.4. The first-order valence-electron chi connectivity index (χ1n) is 13.9. The maximum Gasteiger partial charge on any atom is 0.230 e. The number of benzene rings is 1. The van der Waals surface area contributed by atoms with Crippen molar-refractivity contribution in [2.45, 2.75) is 38.7 Å². The Bertz CT molecular complexity index is 1500. The number of hydrogen-bond donors (Lipinski definition) is 3. The number of carbonyl (C=O) groups excluding carboxylic acids is 1. The van der Waals surface area contributed by atoms with Crippen molar-refractivity contribution in [2.24, 2.45) is 5.41 Å². The van der Waals surface area contributed by atoms with E-state index in [-0.39, 0.29) is 31.0 Å². The van der Waals surface area contributed by atoms with Gasteiger partial charge in [0.05, 0.1) is 54.1 Å². The summed E-state index contributed by atoms with van der Waals surface area (Å²) < 4.78 is 31.4. The van der Waals surface area contributed by atoms with Gasteiger partial charge in [-0.05, 0) is 62.2 Å². The highest BCUT2D eigenvalue weighted by Crippen LogP contribution is 2.35. The third-order valence-electron chi connectivity index (χ3n) is 7.30. The van der Waals surface area contributed by atoms with E-state index in [0.717, 1.165) is 25.1 Å². The molecule has 1 unspecified atom stereocenters. The summed E-state index contributed by atoms with van der Waals surface area (Å²) in [6.07, 6.45) is 4.54. The van der Waals surface area contributed by atoms with Gasteiger partial charge in [0.15, 0.2) is 5.82 Å². The Morgan fingerprint density at radius 2 is 1.88 bits per heavy atom. The van der Waals surface area contributed by atoms with Gasteiger partial charge < -0.3 is 29.8 Å². The highest BCUT2D eigenvalue weighted by atomic mass is 19.1. The second-order valence-corrected chi connectivity index (χ2v) is 10.7. The molecule has 6 rings (SSSR count). The Hall–Kier alpha value is -4.26. The molecule has 1 amide bonds. The van der Waals surface area contributed by atoms with Crippen LogP contribution >= 0.6 is 0 Å². The van der Waals surface area contributed by atoms with Crippen molar-refractivity contribution in [3.05, 3.63) is 78.3 Å². The summed E-state index contributed by atoms with van der Waals surface area (Å²) in [6, 6.07) is 13.5. The second kappa shape index (κ2) is 12.3. The van der Waals surface area contributed by atoms with Crippen molar-refractivity contribution in [3.63, 3.8) is 0 Å². The number of anilines is 1. The van der Waals surface area contributed by atoms with Crippen LogP contribution in [0.4, 0.5) is 10.3 Å². The molecule has 3 aromatic heterocycles. The minimum Gasteiger partial charge on any atom is -0.376 e. The van der Waals surface area contributed by atoms with Gasteiger partial charge in [-0.3, -0.25) is 9.78 Å². The molecular formula is C30H32FN7O4. The molecule has 0 aliphatic carbocycles. The molecule has 12 heteroatoms. The predicted molar refractivity (Wildman–Crippen MR) is 151 cm³/mol. The maximum atomic E-state index is 13.7. The minimum atomic E-state index is -0.856. The SMILES string of the molecule is CC1(C(=O)NCC2CCCO2)COC(c2nc(-c3ccc(F)cc3)c(-c3ccnc(NCc4ccccn4)n3)[nH]2)OC1. The number of hydrogen-bond acceptors (Lipinski definition) is 9. The van der Waals surface area contributed by atoms with E-state index in [1.807, 2.05) is 25.1 Å². The summed E-state index contributed by atoms with van der Waals surface area (Å²) in [5, 5.41) is 6.17. The maximum absolute atomic E-state index is 13.7. The van der Waals surface area contributed by atoms with Gasteiger partial charge in [0, 0.05) is 31.1 Å². The van der Waals surface area contributed by atoms with Crippen LogP contribution in [-0.4, -0.2) is 63.3 Å². The lowest BCUT2D eigenvalue weighted by atomic mass is 9.91. The zero-order chi connectivity index (χ0) is 28.9. The average molecular weight is 574 g/mol. The Balaban J connectivity index is 1.20. The second-order valence-electron chi connectivity index (χ2n) is 10.7. The Morgan fingerprint density at radius 1 is 1.05 bits per heavy atom. The fourth-order valence-corrected chi connectivity index (χ4v) is 4.88. The smallest absolute Gasteiger partial charge is 0.230 e. The van der Waals surface area contributed by atoms with E-state index >= 15 is 0 Å². The van der Waals surface area contributed by atoms with Crippen LogP contribution < -0.4 is 10.6 Å². The lowest BCUT2D eigenvalue weighted by molar-refractivity contribution is -0.231. The molecule has 0 bridgehead atoms. The van der Waals surface area contributed by atoms with Crippen LogP contribution in [0.1, 0.15) is 37.6 Å². The third kappa shape index (κ3) is 6.30. The van der Waals surface area contributed by atoms with Crippen LogP contribution in [0.15, 0.2) is 60.9 Å². The van der Waals surface area contributed by atoms with E-state index in [1.54, 1.807) is 30.6 Å². The minimum absolute atomic E-state index is 0.0506. The van der Waals surface area contributed by atoms with E-state index < -0.39 is 11.7 Å². The zero-order valence-corrected chi connectivity index (χ0v) is 23.2. The Labute approximate surface area is 242 Å². The molecule has 11 nitrogen and oxygen atoms in total. The number of ether oxygens (including phenoxy) is 3. The number of carbonyl (C=O) groups is 1. The molecule has 0 radical (unpaired) electrons. The number of aromatic nitrogens is 5. The summed E-state index contributed by atoms with van der Waals surface area (Å²) >= 11 is 0. The molecule has 2 aliphatic heterocycles. The van der Waals surface area contributed by atoms with Gasteiger partial charge >= 0.3 is 0 Å². The summed E-state index contributed by atoms with van der Waals surface area (Å²) in [6.45, 7) is 3.75. The Kier molecular flexibility index (Phi) is 8.17. The number of halogens is 1. The van der Waals surface area contributed by atoms with Crippen LogP contribution in [-0.2, 0) is 25.5 Å². The summed E-state index contributed by atoms with van der Waals surface area (Å²) in [7, 11) is 0. The van der Waals surface area contributed by atoms with Crippen molar-refractivity contribution >= 4 is 11.9 Å². The number of aromatic amines is 1. The third-order valence-corrected chi connectivity index (χ3v) is 7.30.